The number of allylic oxidation sites excluding steroid dienone is 1. The molecule has 3 aliphatic rings. The van der Waals surface area contributed by atoms with Crippen LogP contribution in [0.15, 0.2) is 23.7 Å². The van der Waals surface area contributed by atoms with Gasteiger partial charge in [0, 0.05) is 68.3 Å². The molecule has 1 saturated carbocycles. The third-order valence-electron chi connectivity index (χ3n) is 7.14. The highest BCUT2D eigenvalue weighted by Crippen LogP contribution is 2.53. The maximum atomic E-state index is 15.4. The van der Waals surface area contributed by atoms with Gasteiger partial charge in [0.25, 0.3) is 0 Å². The van der Waals surface area contributed by atoms with E-state index in [9.17, 15) is 9.59 Å². The van der Waals surface area contributed by atoms with Gasteiger partial charge in [-0.15, -0.1) is 9.24 Å². The number of nitrogens with one attached hydrogen (secondary N) is 1. The fourth-order valence-corrected chi connectivity index (χ4v) is 6.05. The largest absolute Gasteiger partial charge is 0.484 e. The first-order valence-corrected chi connectivity index (χ1v) is 13.4. The van der Waals surface area contributed by atoms with Crippen molar-refractivity contribution in [2.45, 2.75) is 45.2 Å². The Bertz CT molecular complexity index is 1110. The summed E-state index contributed by atoms with van der Waals surface area (Å²) in [4.78, 5) is 30.0. The van der Waals surface area contributed by atoms with Crippen LogP contribution in [0, 0.1) is 11.2 Å². The second-order valence-corrected chi connectivity index (χ2v) is 11.6. The number of nitrogens with zero attached hydrogens (tertiary/aromatic N) is 3. The highest BCUT2D eigenvalue weighted by atomic mass is 35.5. The molecule has 1 aliphatic carbocycles. The van der Waals surface area contributed by atoms with Crippen molar-refractivity contribution in [1.29, 1.82) is 0 Å². The lowest BCUT2D eigenvalue weighted by atomic mass is 9.95. The van der Waals surface area contributed by atoms with Crippen LogP contribution in [0.25, 0.3) is 5.70 Å². The highest BCUT2D eigenvalue weighted by molar-refractivity contribution is 7.18. The summed E-state index contributed by atoms with van der Waals surface area (Å²) in [6, 6.07) is 1.27. The van der Waals surface area contributed by atoms with E-state index in [1.807, 2.05) is 25.9 Å². The van der Waals surface area contributed by atoms with Crippen molar-refractivity contribution in [3.63, 3.8) is 0 Å². The zero-order valence-electron chi connectivity index (χ0n) is 21.4. The summed E-state index contributed by atoms with van der Waals surface area (Å²) in [6.07, 6.45) is 5.43. The molecule has 4 rings (SSSR count). The molecule has 36 heavy (non-hydrogen) atoms. The van der Waals surface area contributed by atoms with Crippen molar-refractivity contribution in [2.24, 2.45) is 5.41 Å². The number of likely N-dealkylation sites (tertiary alicyclic amines) is 1. The van der Waals surface area contributed by atoms with E-state index < -0.39 is 5.82 Å². The Kier molecular flexibility index (Phi) is 7.86. The lowest BCUT2D eigenvalue weighted by molar-refractivity contribution is -0.125. The molecule has 7 nitrogen and oxygen atoms in total. The summed E-state index contributed by atoms with van der Waals surface area (Å²) in [5.74, 6) is -0.555. The lowest BCUT2D eigenvalue weighted by Crippen LogP contribution is -2.32. The first kappa shape index (κ1) is 26.7. The molecule has 2 atom stereocenters. The first-order valence-electron chi connectivity index (χ1n) is 12.4. The minimum Gasteiger partial charge on any atom is -0.484 e. The molecule has 0 aromatic heterocycles. The van der Waals surface area contributed by atoms with Gasteiger partial charge in [-0.05, 0) is 43.2 Å². The van der Waals surface area contributed by atoms with Crippen LogP contribution in [0.1, 0.15) is 44.2 Å². The monoisotopic (exact) mass is 536 g/mol. The maximum absolute atomic E-state index is 15.4. The molecule has 2 aliphatic heterocycles. The molecule has 1 aromatic rings. The number of carbonyl (C=O) groups excluding carboxylic acids is 2. The van der Waals surface area contributed by atoms with E-state index in [1.54, 1.807) is 11.1 Å². The van der Waals surface area contributed by atoms with Crippen molar-refractivity contribution in [1.82, 2.24) is 20.0 Å². The standard InChI is InChI=1S/C26H35ClFN4O3P/c1-5-29-20(24(16(2)36)30(3)4)13-35-25-19(28)10-18(27)17-6-9-31(15-33)21(23(17)25)12-32-14-26(7-8-26)11-22(32)34/h10,12,15-16,29H,5-9,11,13-14,36H2,1-4H3/b21-12-,24-20-/t16-/m0/s1. The zero-order chi connectivity index (χ0) is 26.2. The molecule has 1 N–H and O–H groups in total. The van der Waals surface area contributed by atoms with Gasteiger partial charge in [0.05, 0.1) is 11.4 Å². The van der Waals surface area contributed by atoms with Crippen LogP contribution in [0.2, 0.25) is 5.02 Å². The molecule has 1 spiro atoms. The number of halogens is 2. The molecule has 2 heterocycles. The van der Waals surface area contributed by atoms with Gasteiger partial charge in [-0.3, -0.25) is 9.59 Å². The Hall–Kier alpha value is -2.31. The van der Waals surface area contributed by atoms with E-state index in [2.05, 4.69) is 21.5 Å². The average molecular weight is 537 g/mol. The molecule has 10 heteroatoms. The van der Waals surface area contributed by atoms with Crippen molar-refractivity contribution in [3.05, 3.63) is 45.6 Å². The number of amides is 2. The number of ether oxygens (including phenoxy) is 1. The van der Waals surface area contributed by atoms with E-state index >= 15 is 4.39 Å². The number of fused-ring (bicyclic) bond motifs is 1. The van der Waals surface area contributed by atoms with E-state index in [0.29, 0.717) is 49.3 Å². The molecule has 196 valence electrons. The summed E-state index contributed by atoms with van der Waals surface area (Å²) in [5.41, 5.74) is 3.64. The zero-order valence-corrected chi connectivity index (χ0v) is 23.3. The van der Waals surface area contributed by atoms with Gasteiger partial charge >= 0.3 is 0 Å². The number of carbonyl (C=O) groups is 2. The van der Waals surface area contributed by atoms with Crippen LogP contribution in [0.3, 0.4) is 0 Å². The maximum Gasteiger partial charge on any atom is 0.227 e. The summed E-state index contributed by atoms with van der Waals surface area (Å²) in [7, 11) is 6.70. The van der Waals surface area contributed by atoms with E-state index in [0.717, 1.165) is 30.6 Å². The predicted octanol–water partition coefficient (Wildman–Crippen LogP) is 3.83. The Morgan fingerprint density at radius 3 is 2.67 bits per heavy atom. The number of likely N-dealkylation sites (N-methyl/N-ethyl adjacent to an activating group) is 1. The second-order valence-electron chi connectivity index (χ2n) is 10.2. The van der Waals surface area contributed by atoms with Crippen LogP contribution in [-0.4, -0.2) is 73.0 Å². The fraction of sp³-hybridized carbons (Fsp3) is 0.538. The molecule has 2 amide bonds. The Balaban J connectivity index is 1.78. The third-order valence-corrected chi connectivity index (χ3v) is 7.80. The van der Waals surface area contributed by atoms with Gasteiger partial charge < -0.3 is 24.8 Å². The minimum absolute atomic E-state index is 0.0189. The van der Waals surface area contributed by atoms with Gasteiger partial charge in [0.2, 0.25) is 12.3 Å². The SMILES string of the molecule is CCN/C(COc1c(F)cc(Cl)c2c1/C(=C/N1CC3(CC3)CC1=O)N(C=O)CC2)=C(/[C@H](C)P)N(C)C. The van der Waals surface area contributed by atoms with Gasteiger partial charge in [0.1, 0.15) is 6.61 Å². The third kappa shape index (κ3) is 5.21. The second kappa shape index (κ2) is 10.6. The normalized spacial score (nSPS) is 20.9. The van der Waals surface area contributed by atoms with Gasteiger partial charge in [-0.25, -0.2) is 4.39 Å². The quantitative estimate of drug-likeness (QED) is 0.384. The summed E-state index contributed by atoms with van der Waals surface area (Å²) in [5, 5.41) is 3.64. The number of rotatable bonds is 9. The predicted molar refractivity (Wildman–Crippen MR) is 143 cm³/mol. The van der Waals surface area contributed by atoms with Crippen molar-refractivity contribution in [3.8, 4) is 5.75 Å². The van der Waals surface area contributed by atoms with Crippen molar-refractivity contribution in [2.75, 3.05) is 40.3 Å². The van der Waals surface area contributed by atoms with Crippen LogP contribution in [0.5, 0.6) is 5.75 Å². The Labute approximate surface area is 219 Å². The van der Waals surface area contributed by atoms with Crippen LogP contribution >= 0.6 is 20.8 Å². The summed E-state index contributed by atoms with van der Waals surface area (Å²) in [6.45, 7) is 5.83. The smallest absolute Gasteiger partial charge is 0.227 e. The van der Waals surface area contributed by atoms with Gasteiger partial charge in [-0.1, -0.05) is 18.5 Å². The highest BCUT2D eigenvalue weighted by Gasteiger charge is 2.51. The molecule has 1 saturated heterocycles. The minimum atomic E-state index is -0.606. The molecule has 1 unspecified atom stereocenters. The number of hydrogen-bond acceptors (Lipinski definition) is 5. The summed E-state index contributed by atoms with van der Waals surface area (Å²) >= 11 is 6.48. The Morgan fingerprint density at radius 2 is 2.11 bits per heavy atom. The van der Waals surface area contributed by atoms with Crippen LogP contribution < -0.4 is 10.1 Å². The number of hydrogen-bond donors (Lipinski definition) is 1. The van der Waals surface area contributed by atoms with Crippen LogP contribution in [-0.2, 0) is 16.0 Å². The molecule has 1 aromatic carbocycles. The van der Waals surface area contributed by atoms with Gasteiger partial charge in [-0.2, -0.15) is 0 Å². The molecular weight excluding hydrogens is 502 g/mol. The lowest BCUT2D eigenvalue weighted by Gasteiger charge is -2.32. The van der Waals surface area contributed by atoms with Crippen molar-refractivity contribution >= 4 is 38.9 Å². The van der Waals surface area contributed by atoms with Crippen molar-refractivity contribution < 1.29 is 18.7 Å². The van der Waals surface area contributed by atoms with Gasteiger partial charge in [0.15, 0.2) is 11.6 Å². The van der Waals surface area contributed by atoms with E-state index in [-0.39, 0.29) is 34.4 Å². The molecule has 0 radical (unpaired) electrons. The van der Waals surface area contributed by atoms with Crippen LogP contribution in [0.4, 0.5) is 4.39 Å². The average Bonchev–Trinajstić information content (AvgIpc) is 3.48. The number of benzene rings is 1. The van der Waals surface area contributed by atoms with E-state index in [4.69, 9.17) is 16.3 Å². The van der Waals surface area contributed by atoms with E-state index in [1.165, 1.54) is 11.0 Å². The molecule has 0 bridgehead atoms. The molecule has 2 fully saturated rings. The molecular formula is C26H35ClFN4O3P. The fourth-order valence-electron chi connectivity index (χ4n) is 5.27. The topological polar surface area (TPSA) is 65.1 Å². The first-order chi connectivity index (χ1) is 17.1. The summed E-state index contributed by atoms with van der Waals surface area (Å²) < 4.78 is 21.6. The Morgan fingerprint density at radius 1 is 1.39 bits per heavy atom.